The summed E-state index contributed by atoms with van der Waals surface area (Å²) in [5, 5.41) is 14.7. The minimum atomic E-state index is -4.65. The van der Waals surface area contributed by atoms with Gasteiger partial charge in [0.25, 0.3) is 5.91 Å². The number of aromatic nitrogens is 3. The minimum absolute atomic E-state index is 0.0194. The van der Waals surface area contributed by atoms with Gasteiger partial charge in [0, 0.05) is 17.5 Å². The number of benzene rings is 2. The van der Waals surface area contributed by atoms with Crippen LogP contribution in [-0.4, -0.2) is 32.5 Å². The normalized spacial score (nSPS) is 12.2. The molecule has 0 spiro atoms. The molecule has 0 saturated carbocycles. The number of rotatable bonds is 6. The van der Waals surface area contributed by atoms with E-state index in [4.69, 9.17) is 0 Å². The number of fused-ring (bicyclic) bond motifs is 3. The molecule has 0 aliphatic rings. The summed E-state index contributed by atoms with van der Waals surface area (Å²) in [6.07, 6.45) is -3.09. The minimum Gasteiger partial charge on any atom is -0.372 e. The lowest BCUT2D eigenvalue weighted by atomic mass is 10.0. The number of nitrogens with zero attached hydrogens (tertiary/aromatic N) is 2. The Hall–Kier alpha value is -3.74. The molecule has 0 saturated heterocycles. The molecule has 0 unspecified atom stereocenters. The second-order valence-corrected chi connectivity index (χ2v) is 9.25. The first kappa shape index (κ1) is 24.4. The molecule has 4 aromatic rings. The van der Waals surface area contributed by atoms with E-state index in [2.05, 4.69) is 31.1 Å². The number of aromatic amines is 1. The van der Waals surface area contributed by atoms with Crippen LogP contribution in [0.3, 0.4) is 0 Å². The van der Waals surface area contributed by atoms with Crippen LogP contribution < -0.4 is 16.0 Å². The van der Waals surface area contributed by atoms with Gasteiger partial charge in [-0.25, -0.2) is 9.37 Å². The Labute approximate surface area is 200 Å². The molecule has 4 N–H and O–H groups in total. The van der Waals surface area contributed by atoms with E-state index in [0.29, 0.717) is 11.1 Å². The Morgan fingerprint density at radius 2 is 1.89 bits per heavy atom. The van der Waals surface area contributed by atoms with Crippen molar-refractivity contribution in [1.29, 1.82) is 0 Å². The zero-order valence-electron chi connectivity index (χ0n) is 18.7. The zero-order valence-corrected chi connectivity index (χ0v) is 19.5. The first-order valence-corrected chi connectivity index (χ1v) is 11.2. The molecule has 4 rings (SSSR count). The Balaban J connectivity index is 1.60. The number of hydrogen-bond acceptors (Lipinski definition) is 6. The van der Waals surface area contributed by atoms with Crippen molar-refractivity contribution in [3.63, 3.8) is 0 Å². The monoisotopic (exact) mass is 508 g/mol. The van der Waals surface area contributed by atoms with E-state index in [0.717, 1.165) is 23.5 Å². The van der Waals surface area contributed by atoms with Crippen LogP contribution in [-0.2, 0) is 15.8 Å². The molecule has 0 aliphatic carbocycles. The van der Waals surface area contributed by atoms with Crippen LogP contribution in [0.25, 0.3) is 21.1 Å². The van der Waals surface area contributed by atoms with Crippen LogP contribution in [0.5, 0.6) is 0 Å². The lowest BCUT2D eigenvalue weighted by molar-refractivity contribution is -0.136. The molecule has 2 heterocycles. The van der Waals surface area contributed by atoms with Gasteiger partial charge in [0.15, 0.2) is 5.13 Å². The summed E-state index contributed by atoms with van der Waals surface area (Å²) in [4.78, 5) is 28.7. The van der Waals surface area contributed by atoms with Gasteiger partial charge >= 0.3 is 6.18 Å². The Morgan fingerprint density at radius 3 is 2.57 bits per heavy atom. The number of thiazole rings is 1. The summed E-state index contributed by atoms with van der Waals surface area (Å²) in [5.41, 5.74) is -2.00. The van der Waals surface area contributed by atoms with Crippen molar-refractivity contribution in [3.8, 4) is 0 Å². The van der Waals surface area contributed by atoms with Crippen molar-refractivity contribution in [2.24, 2.45) is 0 Å². The standard InChI is InChI=1S/C22H20F4N6O2S/c1-4-16(33)28-15-7-10(5-6-13(15)23)31-21(2,3)19(34)30-20-29-17-12(22(24,25)26)8-14-11(9-27-32-14)18(17)35-20/h5-9,31H,4H2,1-3H3,(H,27,32)(H,28,33)(H,29,30,34). The molecular weight excluding hydrogens is 488 g/mol. The Bertz CT molecular complexity index is 1440. The van der Waals surface area contributed by atoms with Gasteiger partial charge in [-0.15, -0.1) is 0 Å². The average molecular weight is 509 g/mol. The largest absolute Gasteiger partial charge is 0.418 e. The number of carbonyl (C=O) groups excluding carboxylic acids is 2. The van der Waals surface area contributed by atoms with Gasteiger partial charge in [-0.05, 0) is 38.1 Å². The topological polar surface area (TPSA) is 112 Å². The predicted octanol–water partition coefficient (Wildman–Crippen LogP) is 5.51. The van der Waals surface area contributed by atoms with Gasteiger partial charge in [0.05, 0.1) is 33.2 Å². The van der Waals surface area contributed by atoms with Crippen LogP contribution in [0.2, 0.25) is 0 Å². The van der Waals surface area contributed by atoms with Crippen molar-refractivity contribution in [1.82, 2.24) is 15.2 Å². The maximum Gasteiger partial charge on any atom is 0.418 e. The van der Waals surface area contributed by atoms with E-state index in [9.17, 15) is 27.2 Å². The third-order valence-electron chi connectivity index (χ3n) is 5.20. The number of alkyl halides is 3. The molecule has 2 amide bonds. The summed E-state index contributed by atoms with van der Waals surface area (Å²) < 4.78 is 55.1. The molecule has 2 aromatic heterocycles. The third kappa shape index (κ3) is 4.90. The summed E-state index contributed by atoms with van der Waals surface area (Å²) in [6.45, 7) is 4.71. The molecule has 35 heavy (non-hydrogen) atoms. The van der Waals surface area contributed by atoms with Crippen LogP contribution in [0.4, 0.5) is 34.1 Å². The second kappa shape index (κ2) is 8.80. The molecule has 0 bridgehead atoms. The highest BCUT2D eigenvalue weighted by Crippen LogP contribution is 2.41. The third-order valence-corrected chi connectivity index (χ3v) is 6.20. The van der Waals surface area contributed by atoms with Crippen LogP contribution >= 0.6 is 11.3 Å². The number of carbonyl (C=O) groups is 2. The molecule has 0 aliphatic heterocycles. The molecule has 13 heteroatoms. The SMILES string of the molecule is CCC(=O)Nc1cc(NC(C)(C)C(=O)Nc2nc3c(C(F)(F)F)cc4[nH]ncc4c3s2)ccc1F. The summed E-state index contributed by atoms with van der Waals surface area (Å²) in [5.74, 6) is -1.60. The maximum atomic E-state index is 14.0. The van der Waals surface area contributed by atoms with Crippen molar-refractivity contribution >= 4 is 60.8 Å². The van der Waals surface area contributed by atoms with Gasteiger partial charge in [-0.2, -0.15) is 18.3 Å². The van der Waals surface area contributed by atoms with E-state index < -0.39 is 29.0 Å². The second-order valence-electron chi connectivity index (χ2n) is 8.25. The first-order chi connectivity index (χ1) is 16.4. The van der Waals surface area contributed by atoms with Crippen molar-refractivity contribution in [2.75, 3.05) is 16.0 Å². The lowest BCUT2D eigenvalue weighted by Gasteiger charge is -2.26. The van der Waals surface area contributed by atoms with Crippen molar-refractivity contribution in [3.05, 3.63) is 41.8 Å². The molecular formula is C22H20F4N6O2S. The number of hydrogen-bond donors (Lipinski definition) is 4. The summed E-state index contributed by atoms with van der Waals surface area (Å²) in [6, 6.07) is 4.82. The first-order valence-electron chi connectivity index (χ1n) is 10.4. The van der Waals surface area contributed by atoms with E-state index >= 15 is 0 Å². The predicted molar refractivity (Wildman–Crippen MR) is 126 cm³/mol. The van der Waals surface area contributed by atoms with Gasteiger partial charge in [0.2, 0.25) is 5.91 Å². The molecule has 8 nitrogen and oxygen atoms in total. The molecule has 0 fully saturated rings. The number of nitrogens with one attached hydrogen (secondary N) is 4. The molecule has 2 aromatic carbocycles. The fourth-order valence-electron chi connectivity index (χ4n) is 3.36. The highest BCUT2D eigenvalue weighted by Gasteiger charge is 2.36. The van der Waals surface area contributed by atoms with Gasteiger partial charge in [-0.1, -0.05) is 18.3 Å². The molecule has 0 radical (unpaired) electrons. The van der Waals surface area contributed by atoms with E-state index in [1.807, 2.05) is 0 Å². The summed E-state index contributed by atoms with van der Waals surface area (Å²) in [7, 11) is 0. The average Bonchev–Trinajstić information content (AvgIpc) is 3.40. The quantitative estimate of drug-likeness (QED) is 0.257. The lowest BCUT2D eigenvalue weighted by Crippen LogP contribution is -2.44. The maximum absolute atomic E-state index is 14.0. The molecule has 0 atom stereocenters. The van der Waals surface area contributed by atoms with E-state index in [1.165, 1.54) is 18.3 Å². The number of H-pyrrole nitrogens is 1. The van der Waals surface area contributed by atoms with Crippen molar-refractivity contribution < 1.29 is 27.2 Å². The Kier molecular flexibility index (Phi) is 6.13. The Morgan fingerprint density at radius 1 is 1.14 bits per heavy atom. The smallest absolute Gasteiger partial charge is 0.372 e. The van der Waals surface area contributed by atoms with Gasteiger partial charge in [-0.3, -0.25) is 20.0 Å². The van der Waals surface area contributed by atoms with Gasteiger partial charge in [0.1, 0.15) is 11.4 Å². The number of halogens is 4. The summed E-state index contributed by atoms with van der Waals surface area (Å²) >= 11 is 0.898. The van der Waals surface area contributed by atoms with Gasteiger partial charge < -0.3 is 10.6 Å². The van der Waals surface area contributed by atoms with Crippen LogP contribution in [0, 0.1) is 5.82 Å². The van der Waals surface area contributed by atoms with Crippen LogP contribution in [0.1, 0.15) is 32.8 Å². The molecule has 184 valence electrons. The fraction of sp³-hybridized carbons (Fsp3) is 0.273. The fourth-order valence-corrected chi connectivity index (χ4v) is 4.36. The van der Waals surface area contributed by atoms with E-state index in [1.54, 1.807) is 20.8 Å². The number of anilines is 3. The van der Waals surface area contributed by atoms with E-state index in [-0.39, 0.29) is 38.9 Å². The highest BCUT2D eigenvalue weighted by molar-refractivity contribution is 7.23. The highest BCUT2D eigenvalue weighted by atomic mass is 32.1. The number of amides is 2. The zero-order chi connectivity index (χ0) is 25.5. The van der Waals surface area contributed by atoms with Crippen LogP contribution in [0.15, 0.2) is 30.5 Å². The van der Waals surface area contributed by atoms with Crippen molar-refractivity contribution in [2.45, 2.75) is 38.9 Å².